The molecule has 0 aromatic carbocycles. The van der Waals surface area contributed by atoms with E-state index in [0.717, 1.165) is 5.56 Å². The summed E-state index contributed by atoms with van der Waals surface area (Å²) >= 11 is 0. The van der Waals surface area contributed by atoms with Gasteiger partial charge in [-0.1, -0.05) is 5.16 Å². The van der Waals surface area contributed by atoms with E-state index in [4.69, 9.17) is 15.0 Å². The topological polar surface area (TPSA) is 92.0 Å². The van der Waals surface area contributed by atoms with Crippen molar-refractivity contribution in [2.24, 2.45) is 12.8 Å². The first kappa shape index (κ1) is 11.7. The van der Waals surface area contributed by atoms with Gasteiger partial charge in [0.25, 0.3) is 0 Å². The normalized spacial score (nSPS) is 12.9. The molecule has 2 aromatic rings. The van der Waals surface area contributed by atoms with Crippen LogP contribution in [-0.2, 0) is 18.2 Å². The highest BCUT2D eigenvalue weighted by Crippen LogP contribution is 2.16. The Bertz CT molecular complexity index is 479. The Morgan fingerprint density at radius 1 is 1.59 bits per heavy atom. The van der Waals surface area contributed by atoms with Gasteiger partial charge in [0.1, 0.15) is 6.04 Å². The van der Waals surface area contributed by atoms with Gasteiger partial charge in [0.2, 0.25) is 5.89 Å². The van der Waals surface area contributed by atoms with Gasteiger partial charge >= 0.3 is 0 Å². The predicted molar refractivity (Wildman–Crippen MR) is 59.1 cm³/mol. The molecule has 0 amide bonds. The van der Waals surface area contributed by atoms with Gasteiger partial charge in [-0.15, -0.1) is 0 Å². The minimum atomic E-state index is -0.438. The van der Waals surface area contributed by atoms with Gasteiger partial charge in [0.15, 0.2) is 5.82 Å². The third kappa shape index (κ3) is 2.69. The Kier molecular flexibility index (Phi) is 3.50. The largest absolute Gasteiger partial charge is 0.384 e. The maximum atomic E-state index is 5.99. The Labute approximate surface area is 98.6 Å². The van der Waals surface area contributed by atoms with E-state index in [1.165, 1.54) is 0 Å². The number of hydrogen-bond donors (Lipinski definition) is 1. The molecule has 7 nitrogen and oxygen atoms in total. The summed E-state index contributed by atoms with van der Waals surface area (Å²) in [5.74, 6) is 0.991. The van der Waals surface area contributed by atoms with Crippen LogP contribution in [0.2, 0.25) is 0 Å². The number of aromatic nitrogens is 4. The van der Waals surface area contributed by atoms with Crippen LogP contribution in [0.3, 0.4) is 0 Å². The molecule has 1 atom stereocenters. The molecule has 17 heavy (non-hydrogen) atoms. The number of ether oxygens (including phenoxy) is 1. The van der Waals surface area contributed by atoms with Crippen LogP contribution in [0.1, 0.15) is 23.3 Å². The number of nitrogens with two attached hydrogens (primary N) is 1. The highest BCUT2D eigenvalue weighted by atomic mass is 16.5. The van der Waals surface area contributed by atoms with E-state index in [1.54, 1.807) is 18.0 Å². The van der Waals surface area contributed by atoms with Crippen LogP contribution >= 0.6 is 0 Å². The molecular formula is C10H15N5O2. The lowest BCUT2D eigenvalue weighted by atomic mass is 10.2. The smallest absolute Gasteiger partial charge is 0.248 e. The Morgan fingerprint density at radius 2 is 2.41 bits per heavy atom. The van der Waals surface area contributed by atoms with Gasteiger partial charge in [0.05, 0.1) is 12.8 Å². The molecule has 2 heterocycles. The second kappa shape index (κ2) is 5.07. The number of hydrogen-bond acceptors (Lipinski definition) is 6. The summed E-state index contributed by atoms with van der Waals surface area (Å²) in [6.07, 6.45) is 4.12. The number of aryl methyl sites for hydroxylation is 1. The van der Waals surface area contributed by atoms with Crippen molar-refractivity contribution in [1.82, 2.24) is 19.9 Å². The van der Waals surface area contributed by atoms with Crippen molar-refractivity contribution in [3.05, 3.63) is 29.7 Å². The number of nitrogens with zero attached hydrogens (tertiary/aromatic N) is 4. The van der Waals surface area contributed by atoms with Crippen LogP contribution in [0.25, 0.3) is 0 Å². The molecular weight excluding hydrogens is 222 g/mol. The van der Waals surface area contributed by atoms with Crippen molar-refractivity contribution in [2.45, 2.75) is 12.5 Å². The minimum absolute atomic E-state index is 0.393. The standard InChI is InChI=1S/C10H15N5O2/c1-15-6-7(5-12-15)9(11)10-13-8(14-17-10)3-4-16-2/h5-6,9H,3-4,11H2,1-2H3. The SMILES string of the molecule is COCCc1noc(C(N)c2cnn(C)c2)n1. The van der Waals surface area contributed by atoms with E-state index < -0.39 is 6.04 Å². The van der Waals surface area contributed by atoms with Gasteiger partial charge in [-0.3, -0.25) is 4.68 Å². The molecule has 2 N–H and O–H groups in total. The first-order valence-electron chi connectivity index (χ1n) is 5.26. The lowest BCUT2D eigenvalue weighted by molar-refractivity contribution is 0.199. The highest BCUT2D eigenvalue weighted by molar-refractivity contribution is 5.16. The van der Waals surface area contributed by atoms with E-state index in [0.29, 0.717) is 24.7 Å². The lowest BCUT2D eigenvalue weighted by Gasteiger charge is -2.01. The van der Waals surface area contributed by atoms with Gasteiger partial charge in [0, 0.05) is 32.3 Å². The van der Waals surface area contributed by atoms with Crippen LogP contribution < -0.4 is 5.73 Å². The van der Waals surface area contributed by atoms with Crippen molar-refractivity contribution < 1.29 is 9.26 Å². The molecule has 0 aliphatic heterocycles. The molecule has 2 rings (SSSR count). The summed E-state index contributed by atoms with van der Waals surface area (Å²) in [6.45, 7) is 0.557. The maximum absolute atomic E-state index is 5.99. The van der Waals surface area contributed by atoms with Crippen LogP contribution in [0, 0.1) is 0 Å². The van der Waals surface area contributed by atoms with Crippen molar-refractivity contribution in [2.75, 3.05) is 13.7 Å². The van der Waals surface area contributed by atoms with E-state index >= 15 is 0 Å². The van der Waals surface area contributed by atoms with Crippen molar-refractivity contribution in [3.63, 3.8) is 0 Å². The minimum Gasteiger partial charge on any atom is -0.384 e. The predicted octanol–water partition coefficient (Wildman–Crippen LogP) is 0.0401. The third-order valence-corrected chi connectivity index (χ3v) is 2.36. The molecule has 0 aliphatic rings. The molecule has 7 heteroatoms. The molecule has 0 bridgehead atoms. The number of rotatable bonds is 5. The molecule has 0 saturated heterocycles. The average molecular weight is 237 g/mol. The molecule has 0 radical (unpaired) electrons. The summed E-state index contributed by atoms with van der Waals surface area (Å²) in [4.78, 5) is 4.21. The molecule has 1 unspecified atom stereocenters. The second-order valence-corrected chi connectivity index (χ2v) is 3.72. The summed E-state index contributed by atoms with van der Waals surface area (Å²) in [5, 5.41) is 7.88. The summed E-state index contributed by atoms with van der Waals surface area (Å²) in [6, 6.07) is -0.438. The van der Waals surface area contributed by atoms with Crippen LogP contribution in [0.15, 0.2) is 16.9 Å². The fraction of sp³-hybridized carbons (Fsp3) is 0.500. The van der Waals surface area contributed by atoms with Crippen molar-refractivity contribution in [3.8, 4) is 0 Å². The van der Waals surface area contributed by atoms with Crippen LogP contribution in [-0.4, -0.2) is 33.6 Å². The first-order chi connectivity index (χ1) is 8.20. The van der Waals surface area contributed by atoms with Gasteiger partial charge in [-0.25, -0.2) is 0 Å². The van der Waals surface area contributed by atoms with Crippen molar-refractivity contribution >= 4 is 0 Å². The molecule has 2 aromatic heterocycles. The zero-order valence-electron chi connectivity index (χ0n) is 9.83. The Balaban J connectivity index is 2.09. The van der Waals surface area contributed by atoms with Crippen LogP contribution in [0.5, 0.6) is 0 Å². The summed E-state index contributed by atoms with van der Waals surface area (Å²) in [5.41, 5.74) is 6.83. The van der Waals surface area contributed by atoms with E-state index in [9.17, 15) is 0 Å². The maximum Gasteiger partial charge on any atom is 0.248 e. The monoisotopic (exact) mass is 237 g/mol. The quantitative estimate of drug-likeness (QED) is 0.789. The summed E-state index contributed by atoms with van der Waals surface area (Å²) in [7, 11) is 3.45. The highest BCUT2D eigenvalue weighted by Gasteiger charge is 2.17. The Morgan fingerprint density at radius 3 is 3.06 bits per heavy atom. The van der Waals surface area contributed by atoms with Gasteiger partial charge in [-0.2, -0.15) is 10.1 Å². The molecule has 0 aliphatic carbocycles. The first-order valence-corrected chi connectivity index (χ1v) is 5.26. The Hall–Kier alpha value is -1.73. The summed E-state index contributed by atoms with van der Waals surface area (Å²) < 4.78 is 11.7. The second-order valence-electron chi connectivity index (χ2n) is 3.72. The van der Waals surface area contributed by atoms with E-state index in [2.05, 4.69) is 15.2 Å². The lowest BCUT2D eigenvalue weighted by Crippen LogP contribution is -2.11. The van der Waals surface area contributed by atoms with Crippen LogP contribution in [0.4, 0.5) is 0 Å². The third-order valence-electron chi connectivity index (χ3n) is 2.36. The van der Waals surface area contributed by atoms with E-state index in [1.807, 2.05) is 13.2 Å². The number of methoxy groups -OCH3 is 1. The fourth-order valence-corrected chi connectivity index (χ4v) is 1.43. The van der Waals surface area contributed by atoms with Gasteiger partial charge < -0.3 is 15.0 Å². The zero-order chi connectivity index (χ0) is 12.3. The molecule has 0 spiro atoms. The average Bonchev–Trinajstić information content (AvgIpc) is 2.94. The van der Waals surface area contributed by atoms with Gasteiger partial charge in [-0.05, 0) is 0 Å². The van der Waals surface area contributed by atoms with Crippen molar-refractivity contribution in [1.29, 1.82) is 0 Å². The fourth-order valence-electron chi connectivity index (χ4n) is 1.43. The zero-order valence-corrected chi connectivity index (χ0v) is 9.83. The molecule has 0 fully saturated rings. The molecule has 92 valence electrons. The van der Waals surface area contributed by atoms with E-state index in [-0.39, 0.29) is 0 Å². The molecule has 0 saturated carbocycles.